The highest BCUT2D eigenvalue weighted by molar-refractivity contribution is 5.58. The molecule has 1 saturated heterocycles. The molecule has 2 aliphatic heterocycles. The van der Waals surface area contributed by atoms with Gasteiger partial charge in [-0.05, 0) is 57.5 Å². The number of nitrogens with zero attached hydrogens (tertiary/aromatic N) is 2. The van der Waals surface area contributed by atoms with Gasteiger partial charge in [-0.2, -0.15) is 0 Å². The molecule has 22 heavy (non-hydrogen) atoms. The molecule has 1 aromatic carbocycles. The topological polar surface area (TPSA) is 44.5 Å². The highest BCUT2D eigenvalue weighted by Gasteiger charge is 2.28. The van der Waals surface area contributed by atoms with E-state index in [1.807, 2.05) is 0 Å². The van der Waals surface area contributed by atoms with Crippen LogP contribution in [-0.4, -0.2) is 50.2 Å². The Morgan fingerprint density at radius 1 is 1.32 bits per heavy atom. The summed E-state index contributed by atoms with van der Waals surface area (Å²) in [6, 6.07) is 7.33. The third-order valence-corrected chi connectivity index (χ3v) is 5.11. The average molecular weight is 302 g/mol. The summed E-state index contributed by atoms with van der Waals surface area (Å²) in [4.78, 5) is 4.82. The van der Waals surface area contributed by atoms with Gasteiger partial charge in [-0.3, -0.25) is 0 Å². The van der Waals surface area contributed by atoms with Gasteiger partial charge in [0.2, 0.25) is 0 Å². The molecule has 0 radical (unpaired) electrons. The summed E-state index contributed by atoms with van der Waals surface area (Å²) in [5, 5.41) is 3.67. The minimum absolute atomic E-state index is 0.0142. The molecule has 1 unspecified atom stereocenters. The second-order valence-corrected chi connectivity index (χ2v) is 7.60. The number of hydrogen-bond acceptors (Lipinski definition) is 4. The molecule has 4 nitrogen and oxygen atoms in total. The monoisotopic (exact) mass is 302 g/mol. The van der Waals surface area contributed by atoms with Crippen molar-refractivity contribution < 1.29 is 0 Å². The zero-order valence-corrected chi connectivity index (χ0v) is 14.2. The molecule has 0 aromatic heterocycles. The number of nitrogens with one attached hydrogen (secondary N) is 1. The molecular formula is C18H30N4. The van der Waals surface area contributed by atoms with E-state index in [1.165, 1.54) is 11.3 Å². The van der Waals surface area contributed by atoms with Crippen molar-refractivity contribution in [2.45, 2.75) is 44.3 Å². The van der Waals surface area contributed by atoms with Crippen molar-refractivity contribution in [3.8, 4) is 0 Å². The molecule has 0 bridgehead atoms. The van der Waals surface area contributed by atoms with Crippen molar-refractivity contribution in [2.75, 3.05) is 38.6 Å². The fourth-order valence-electron chi connectivity index (χ4n) is 3.72. The van der Waals surface area contributed by atoms with Gasteiger partial charge >= 0.3 is 0 Å². The average Bonchev–Trinajstić information content (AvgIpc) is 2.46. The van der Waals surface area contributed by atoms with Gasteiger partial charge in [-0.25, -0.2) is 0 Å². The minimum Gasteiger partial charge on any atom is -0.371 e. The molecule has 1 atom stereocenters. The molecule has 0 aliphatic carbocycles. The Hall–Kier alpha value is -1.10. The fourth-order valence-corrected chi connectivity index (χ4v) is 3.72. The summed E-state index contributed by atoms with van der Waals surface area (Å²) < 4.78 is 0. The highest BCUT2D eigenvalue weighted by atomic mass is 15.2. The summed E-state index contributed by atoms with van der Waals surface area (Å²) in [6.07, 6.45) is 3.28. The first kappa shape index (κ1) is 15.8. The Labute approximate surface area is 134 Å². The lowest BCUT2D eigenvalue weighted by Gasteiger charge is -2.40. The SMILES string of the molecule is CN(C)CC1Cc2c(cccc2N2CCC(C)(N)CC2)CN1. The molecule has 3 N–H and O–H groups in total. The quantitative estimate of drug-likeness (QED) is 0.890. The number of anilines is 1. The maximum absolute atomic E-state index is 6.29. The number of likely N-dealkylation sites (N-methyl/N-ethyl adjacent to an activating group) is 1. The van der Waals surface area contributed by atoms with Crippen LogP contribution in [0.5, 0.6) is 0 Å². The lowest BCUT2D eigenvalue weighted by Crippen LogP contribution is -2.49. The van der Waals surface area contributed by atoms with E-state index in [-0.39, 0.29) is 5.54 Å². The van der Waals surface area contributed by atoms with Crippen LogP contribution in [0.1, 0.15) is 30.9 Å². The molecule has 0 saturated carbocycles. The van der Waals surface area contributed by atoms with Crippen LogP contribution in [0.4, 0.5) is 5.69 Å². The molecule has 2 aliphatic rings. The van der Waals surface area contributed by atoms with Crippen LogP contribution in [0, 0.1) is 0 Å². The van der Waals surface area contributed by atoms with Gasteiger partial charge in [-0.1, -0.05) is 12.1 Å². The summed E-state index contributed by atoms with van der Waals surface area (Å²) >= 11 is 0. The predicted octanol–water partition coefficient (Wildman–Crippen LogP) is 1.58. The third kappa shape index (κ3) is 3.45. The van der Waals surface area contributed by atoms with Gasteiger partial charge in [0.15, 0.2) is 0 Å². The second-order valence-electron chi connectivity index (χ2n) is 7.60. The van der Waals surface area contributed by atoms with Gasteiger partial charge in [0, 0.05) is 43.4 Å². The number of benzene rings is 1. The van der Waals surface area contributed by atoms with E-state index in [2.05, 4.69) is 54.3 Å². The van der Waals surface area contributed by atoms with Crippen LogP contribution in [0.25, 0.3) is 0 Å². The van der Waals surface area contributed by atoms with Crippen LogP contribution < -0.4 is 16.0 Å². The van der Waals surface area contributed by atoms with Crippen LogP contribution >= 0.6 is 0 Å². The normalized spacial score (nSPS) is 24.4. The van der Waals surface area contributed by atoms with Crippen molar-refractivity contribution in [1.29, 1.82) is 0 Å². The molecule has 1 aromatic rings. The van der Waals surface area contributed by atoms with Crippen molar-refractivity contribution in [3.63, 3.8) is 0 Å². The first-order valence-electron chi connectivity index (χ1n) is 8.47. The van der Waals surface area contributed by atoms with Crippen molar-refractivity contribution in [3.05, 3.63) is 29.3 Å². The van der Waals surface area contributed by atoms with E-state index in [0.29, 0.717) is 6.04 Å². The maximum Gasteiger partial charge on any atom is 0.0402 e. The molecule has 122 valence electrons. The fraction of sp³-hybridized carbons (Fsp3) is 0.667. The number of fused-ring (bicyclic) bond motifs is 1. The Kier molecular flexibility index (Phi) is 4.44. The van der Waals surface area contributed by atoms with E-state index in [4.69, 9.17) is 5.73 Å². The number of hydrogen-bond donors (Lipinski definition) is 2. The summed E-state index contributed by atoms with van der Waals surface area (Å²) in [6.45, 7) is 6.42. The van der Waals surface area contributed by atoms with Gasteiger partial charge in [0.25, 0.3) is 0 Å². The number of piperidine rings is 1. The maximum atomic E-state index is 6.29. The molecule has 4 heteroatoms. The zero-order valence-electron chi connectivity index (χ0n) is 14.2. The minimum atomic E-state index is 0.0142. The number of nitrogens with two attached hydrogens (primary N) is 1. The Morgan fingerprint density at radius 3 is 2.73 bits per heavy atom. The second kappa shape index (κ2) is 6.19. The van der Waals surface area contributed by atoms with Crippen LogP contribution in [-0.2, 0) is 13.0 Å². The van der Waals surface area contributed by atoms with Crippen molar-refractivity contribution in [1.82, 2.24) is 10.2 Å². The Balaban J connectivity index is 1.79. The zero-order chi connectivity index (χ0) is 15.7. The third-order valence-electron chi connectivity index (χ3n) is 5.11. The van der Waals surface area contributed by atoms with Crippen LogP contribution in [0.3, 0.4) is 0 Å². The standard InChI is InChI=1S/C18H30N4/c1-18(19)7-9-22(10-8-18)17-6-4-5-14-12-20-15(11-16(14)17)13-21(2)3/h4-6,15,20H,7-13,19H2,1-3H3. The van der Waals surface area contributed by atoms with E-state index < -0.39 is 0 Å². The highest BCUT2D eigenvalue weighted by Crippen LogP contribution is 2.31. The predicted molar refractivity (Wildman–Crippen MR) is 93.4 cm³/mol. The van der Waals surface area contributed by atoms with E-state index in [1.54, 1.807) is 5.56 Å². The van der Waals surface area contributed by atoms with Crippen LogP contribution in [0.2, 0.25) is 0 Å². The smallest absolute Gasteiger partial charge is 0.0402 e. The first-order chi connectivity index (χ1) is 10.4. The molecule has 3 rings (SSSR count). The molecule has 1 fully saturated rings. The lowest BCUT2D eigenvalue weighted by atomic mass is 9.88. The molecule has 2 heterocycles. The molecule has 0 spiro atoms. The van der Waals surface area contributed by atoms with Gasteiger partial charge in [0.05, 0.1) is 0 Å². The van der Waals surface area contributed by atoms with Gasteiger partial charge in [0.1, 0.15) is 0 Å². The largest absolute Gasteiger partial charge is 0.371 e. The molecule has 0 amide bonds. The Bertz CT molecular complexity index is 514. The van der Waals surface area contributed by atoms with E-state index >= 15 is 0 Å². The summed E-state index contributed by atoms with van der Waals surface area (Å²) in [7, 11) is 4.30. The lowest BCUT2D eigenvalue weighted by molar-refractivity contribution is 0.325. The van der Waals surface area contributed by atoms with Gasteiger partial charge in [-0.15, -0.1) is 0 Å². The van der Waals surface area contributed by atoms with Gasteiger partial charge < -0.3 is 20.9 Å². The summed E-state index contributed by atoms with van der Waals surface area (Å²) in [5.74, 6) is 0. The molecular weight excluding hydrogens is 272 g/mol. The van der Waals surface area contributed by atoms with E-state index in [0.717, 1.165) is 45.4 Å². The summed E-state index contributed by atoms with van der Waals surface area (Å²) in [5.41, 5.74) is 10.8. The number of rotatable bonds is 3. The van der Waals surface area contributed by atoms with Crippen molar-refractivity contribution in [2.24, 2.45) is 5.73 Å². The van der Waals surface area contributed by atoms with E-state index in [9.17, 15) is 0 Å². The van der Waals surface area contributed by atoms with Crippen LogP contribution in [0.15, 0.2) is 18.2 Å². The van der Waals surface area contributed by atoms with Crippen molar-refractivity contribution >= 4 is 5.69 Å². The Morgan fingerprint density at radius 2 is 2.05 bits per heavy atom. The first-order valence-corrected chi connectivity index (χ1v) is 8.47.